The first-order valence-electron chi connectivity index (χ1n) is 8.76. The summed E-state index contributed by atoms with van der Waals surface area (Å²) in [5, 5.41) is 2.70. The fourth-order valence-corrected chi connectivity index (χ4v) is 3.08. The minimum Gasteiger partial charge on any atom is -0.433 e. The van der Waals surface area contributed by atoms with E-state index in [1.807, 2.05) is 6.92 Å². The number of benzene rings is 1. The molecule has 0 unspecified atom stereocenters. The van der Waals surface area contributed by atoms with Crippen molar-refractivity contribution in [3.05, 3.63) is 42.7 Å². The van der Waals surface area contributed by atoms with Crippen molar-refractivity contribution in [2.24, 2.45) is 0 Å². The van der Waals surface area contributed by atoms with Gasteiger partial charge < -0.3 is 19.9 Å². The number of para-hydroxylation sites is 2. The highest BCUT2D eigenvalue weighted by Gasteiger charge is 2.30. The molecule has 9 heteroatoms. The van der Waals surface area contributed by atoms with Crippen molar-refractivity contribution < 1.29 is 23.2 Å². The fraction of sp³-hybridized carbons (Fsp3) is 0.389. The van der Waals surface area contributed by atoms with Gasteiger partial charge in [-0.3, -0.25) is 4.79 Å². The molecule has 7 nitrogen and oxygen atoms in total. The van der Waals surface area contributed by atoms with Crippen LogP contribution in [0.3, 0.4) is 0 Å². The molecule has 144 valence electrons. The second-order valence-electron chi connectivity index (χ2n) is 6.28. The summed E-state index contributed by atoms with van der Waals surface area (Å²) in [6, 6.07) is 7.62. The second-order valence-corrected chi connectivity index (χ2v) is 6.28. The zero-order chi connectivity index (χ0) is 19.2. The van der Waals surface area contributed by atoms with Gasteiger partial charge in [-0.25, -0.2) is 9.97 Å². The van der Waals surface area contributed by atoms with Crippen molar-refractivity contribution in [1.82, 2.24) is 9.97 Å². The predicted octanol–water partition coefficient (Wildman–Crippen LogP) is 0.810. The number of carbonyl (C=O) groups is 1. The molecule has 0 aliphatic carbocycles. The lowest BCUT2D eigenvalue weighted by Crippen LogP contribution is -3.19. The second kappa shape index (κ2) is 8.72. The molecule has 1 amide bonds. The molecular weight excluding hydrogens is 356 g/mol. The van der Waals surface area contributed by atoms with Gasteiger partial charge in [0.05, 0.1) is 31.9 Å². The topological polar surface area (TPSA) is 71.8 Å². The van der Waals surface area contributed by atoms with E-state index >= 15 is 0 Å². The van der Waals surface area contributed by atoms with Crippen LogP contribution in [0.2, 0.25) is 0 Å². The zero-order valence-electron chi connectivity index (χ0n) is 14.9. The molecule has 0 spiro atoms. The molecule has 27 heavy (non-hydrogen) atoms. The molecule has 2 aromatic rings. The number of alkyl halides is 2. The number of halogens is 2. The number of amides is 1. The van der Waals surface area contributed by atoms with Gasteiger partial charge in [-0.15, -0.1) is 0 Å². The molecule has 3 rings (SSSR count). The third kappa shape index (κ3) is 4.88. The first kappa shape index (κ1) is 19.0. The Balaban J connectivity index is 1.57. The van der Waals surface area contributed by atoms with Crippen LogP contribution in [0.15, 0.2) is 42.7 Å². The van der Waals surface area contributed by atoms with Gasteiger partial charge in [0.1, 0.15) is 5.75 Å². The van der Waals surface area contributed by atoms with Crippen LogP contribution in [0.1, 0.15) is 6.92 Å². The summed E-state index contributed by atoms with van der Waals surface area (Å²) in [4.78, 5) is 24.3. The monoisotopic (exact) mass is 378 g/mol. The summed E-state index contributed by atoms with van der Waals surface area (Å²) in [7, 11) is 0. The van der Waals surface area contributed by atoms with Gasteiger partial charge in [0, 0.05) is 12.4 Å². The number of rotatable bonds is 6. The maximum Gasteiger partial charge on any atom is 0.387 e. The molecule has 2 N–H and O–H groups in total. The first-order chi connectivity index (χ1) is 13.0. The van der Waals surface area contributed by atoms with E-state index in [1.165, 1.54) is 6.07 Å². The lowest BCUT2D eigenvalue weighted by Gasteiger charge is -2.34. The fourth-order valence-electron chi connectivity index (χ4n) is 3.08. The number of anilines is 2. The standard InChI is InChI=1S/C18H21F2N5O2/c1-13(16(26)23-14-5-2-3-6-15(14)27-17(19)20)24-9-11-25(12-10-24)18-21-7-4-8-22-18/h2-8,13,17H,9-12H2,1H3,(H,23,26)/p+1/t13-/m1/s1. The SMILES string of the molecule is C[C@H](C(=O)Nc1ccccc1OC(F)F)[NH+]1CCN(c2ncccn2)CC1. The van der Waals surface area contributed by atoms with Crippen molar-refractivity contribution in [2.45, 2.75) is 19.6 Å². The molecule has 1 aromatic carbocycles. The molecule has 1 aromatic heterocycles. The summed E-state index contributed by atoms with van der Waals surface area (Å²) in [6.07, 6.45) is 3.41. The largest absolute Gasteiger partial charge is 0.433 e. The number of hydrogen-bond acceptors (Lipinski definition) is 5. The van der Waals surface area contributed by atoms with Gasteiger partial charge in [-0.05, 0) is 25.1 Å². The molecule has 2 heterocycles. The Morgan fingerprint density at radius 1 is 1.19 bits per heavy atom. The van der Waals surface area contributed by atoms with E-state index in [0.717, 1.165) is 31.1 Å². The quantitative estimate of drug-likeness (QED) is 0.779. The Kier molecular flexibility index (Phi) is 6.12. The Labute approximate surface area is 156 Å². The van der Waals surface area contributed by atoms with Crippen LogP contribution in [0.25, 0.3) is 0 Å². The van der Waals surface area contributed by atoms with Crippen molar-refractivity contribution >= 4 is 17.5 Å². The minimum absolute atomic E-state index is 0.0471. The average molecular weight is 378 g/mol. The number of ether oxygens (including phenoxy) is 1. The molecule has 0 saturated carbocycles. The van der Waals surface area contributed by atoms with Crippen LogP contribution in [0, 0.1) is 0 Å². The lowest BCUT2D eigenvalue weighted by atomic mass is 10.2. The van der Waals surface area contributed by atoms with Crippen molar-refractivity contribution in [2.75, 3.05) is 36.4 Å². The summed E-state index contributed by atoms with van der Waals surface area (Å²) >= 11 is 0. The predicted molar refractivity (Wildman–Crippen MR) is 96.1 cm³/mol. The van der Waals surface area contributed by atoms with Gasteiger partial charge >= 0.3 is 6.61 Å². The van der Waals surface area contributed by atoms with E-state index in [2.05, 4.69) is 24.9 Å². The number of nitrogens with zero attached hydrogens (tertiary/aromatic N) is 3. The van der Waals surface area contributed by atoms with E-state index in [0.29, 0.717) is 5.95 Å². The highest BCUT2D eigenvalue weighted by atomic mass is 19.3. The smallest absolute Gasteiger partial charge is 0.387 e. The summed E-state index contributed by atoms with van der Waals surface area (Å²) in [5.41, 5.74) is 0.241. The van der Waals surface area contributed by atoms with Gasteiger partial charge in [0.2, 0.25) is 5.95 Å². The van der Waals surface area contributed by atoms with E-state index in [4.69, 9.17) is 0 Å². The maximum absolute atomic E-state index is 12.6. The van der Waals surface area contributed by atoms with Crippen LogP contribution in [0.5, 0.6) is 5.75 Å². The Morgan fingerprint density at radius 2 is 1.85 bits per heavy atom. The Morgan fingerprint density at radius 3 is 2.52 bits per heavy atom. The molecule has 1 saturated heterocycles. The van der Waals surface area contributed by atoms with Gasteiger partial charge in [0.25, 0.3) is 5.91 Å². The molecule has 0 radical (unpaired) electrons. The van der Waals surface area contributed by atoms with Gasteiger partial charge in [-0.2, -0.15) is 8.78 Å². The van der Waals surface area contributed by atoms with Crippen molar-refractivity contribution in [1.29, 1.82) is 0 Å². The van der Waals surface area contributed by atoms with Crippen LogP contribution in [0.4, 0.5) is 20.4 Å². The highest BCUT2D eigenvalue weighted by molar-refractivity contribution is 5.94. The van der Waals surface area contributed by atoms with Crippen molar-refractivity contribution in [3.63, 3.8) is 0 Å². The van der Waals surface area contributed by atoms with Gasteiger partial charge in [-0.1, -0.05) is 12.1 Å². The van der Waals surface area contributed by atoms with Crippen LogP contribution in [-0.4, -0.2) is 54.7 Å². The third-order valence-corrected chi connectivity index (χ3v) is 4.61. The number of nitrogens with one attached hydrogen (secondary N) is 2. The van der Waals surface area contributed by atoms with E-state index in [-0.39, 0.29) is 23.4 Å². The van der Waals surface area contributed by atoms with E-state index in [1.54, 1.807) is 36.7 Å². The number of carbonyl (C=O) groups excluding carboxylic acids is 1. The van der Waals surface area contributed by atoms with Crippen LogP contribution < -0.4 is 19.9 Å². The maximum atomic E-state index is 12.6. The molecule has 1 aliphatic heterocycles. The van der Waals surface area contributed by atoms with Crippen molar-refractivity contribution in [3.8, 4) is 5.75 Å². The van der Waals surface area contributed by atoms with Crippen LogP contribution in [-0.2, 0) is 4.79 Å². The summed E-state index contributed by atoms with van der Waals surface area (Å²) in [5.74, 6) is 0.403. The molecular formula is C18H22F2N5O2+. The number of quaternary nitrogens is 1. The average Bonchev–Trinajstić information content (AvgIpc) is 2.69. The summed E-state index contributed by atoms with van der Waals surface area (Å²) in [6.45, 7) is 1.86. The van der Waals surface area contributed by atoms with Gasteiger partial charge in [0.15, 0.2) is 6.04 Å². The number of hydrogen-bond donors (Lipinski definition) is 2. The highest BCUT2D eigenvalue weighted by Crippen LogP contribution is 2.25. The molecule has 0 bridgehead atoms. The number of piperazine rings is 1. The molecule has 1 aliphatic rings. The Bertz CT molecular complexity index is 754. The third-order valence-electron chi connectivity index (χ3n) is 4.61. The molecule has 1 atom stereocenters. The minimum atomic E-state index is -2.95. The molecule has 1 fully saturated rings. The summed E-state index contributed by atoms with van der Waals surface area (Å²) < 4.78 is 29.5. The zero-order valence-corrected chi connectivity index (χ0v) is 14.9. The van der Waals surface area contributed by atoms with Crippen LogP contribution >= 0.6 is 0 Å². The van der Waals surface area contributed by atoms with E-state index < -0.39 is 6.61 Å². The Hall–Kier alpha value is -2.81. The normalized spacial score (nSPS) is 16.2. The number of aromatic nitrogens is 2. The van der Waals surface area contributed by atoms with E-state index in [9.17, 15) is 13.6 Å². The lowest BCUT2D eigenvalue weighted by molar-refractivity contribution is -0.914. The first-order valence-corrected chi connectivity index (χ1v) is 8.76.